The first-order valence-electron chi connectivity index (χ1n) is 9.46. The van der Waals surface area contributed by atoms with Gasteiger partial charge in [-0.2, -0.15) is 0 Å². The molecule has 1 aliphatic rings. The molecule has 27 heavy (non-hydrogen) atoms. The zero-order valence-electron chi connectivity index (χ0n) is 15.3. The molecule has 4 heteroatoms. The Morgan fingerprint density at radius 1 is 0.889 bits per heavy atom. The molecule has 1 aromatic heterocycles. The van der Waals surface area contributed by atoms with Gasteiger partial charge in [-0.1, -0.05) is 48.5 Å². The van der Waals surface area contributed by atoms with E-state index in [0.29, 0.717) is 5.69 Å². The summed E-state index contributed by atoms with van der Waals surface area (Å²) in [5.74, 6) is -0.223. The van der Waals surface area contributed by atoms with E-state index < -0.39 is 0 Å². The molecular formula is C23H24FN3. The van der Waals surface area contributed by atoms with Gasteiger partial charge in [0.15, 0.2) is 0 Å². The number of nitrogens with zero attached hydrogens (tertiary/aromatic N) is 2. The van der Waals surface area contributed by atoms with E-state index in [4.69, 9.17) is 0 Å². The highest BCUT2D eigenvalue weighted by Crippen LogP contribution is 2.36. The number of piperidine rings is 1. The first kappa shape index (κ1) is 17.7. The van der Waals surface area contributed by atoms with Crippen molar-refractivity contribution < 1.29 is 4.39 Å². The quantitative estimate of drug-likeness (QED) is 0.706. The number of halogens is 1. The molecule has 2 aromatic carbocycles. The fraction of sp³-hybridized carbons (Fsp3) is 0.261. The minimum atomic E-state index is -0.351. The van der Waals surface area contributed by atoms with E-state index in [1.165, 1.54) is 11.6 Å². The SMILES string of the molecule is Fc1ccccc1NC1(c2ccccn2)CCN(Cc2ccccc2)CC1. The van der Waals surface area contributed by atoms with Crippen molar-refractivity contribution in [3.8, 4) is 0 Å². The Morgan fingerprint density at radius 3 is 2.30 bits per heavy atom. The maximum Gasteiger partial charge on any atom is 0.146 e. The van der Waals surface area contributed by atoms with E-state index in [0.717, 1.165) is 38.2 Å². The lowest BCUT2D eigenvalue weighted by atomic mass is 9.83. The number of aromatic nitrogens is 1. The lowest BCUT2D eigenvalue weighted by Crippen LogP contribution is -2.47. The molecule has 4 rings (SSSR count). The maximum atomic E-state index is 14.3. The fourth-order valence-corrected chi connectivity index (χ4v) is 3.85. The molecule has 3 aromatic rings. The molecule has 3 nitrogen and oxygen atoms in total. The van der Waals surface area contributed by atoms with E-state index >= 15 is 0 Å². The van der Waals surface area contributed by atoms with E-state index in [1.807, 2.05) is 36.5 Å². The van der Waals surface area contributed by atoms with Gasteiger partial charge in [0.1, 0.15) is 5.82 Å². The lowest BCUT2D eigenvalue weighted by molar-refractivity contribution is 0.164. The average Bonchev–Trinajstić information content (AvgIpc) is 2.73. The summed E-state index contributed by atoms with van der Waals surface area (Å²) in [6, 6.07) is 23.4. The summed E-state index contributed by atoms with van der Waals surface area (Å²) in [6.45, 7) is 2.82. The summed E-state index contributed by atoms with van der Waals surface area (Å²) in [4.78, 5) is 7.06. The number of nitrogens with one attached hydrogen (secondary N) is 1. The molecule has 138 valence electrons. The van der Waals surface area contributed by atoms with Crippen molar-refractivity contribution in [3.05, 3.63) is 96.1 Å². The van der Waals surface area contributed by atoms with Crippen LogP contribution in [0.5, 0.6) is 0 Å². The van der Waals surface area contributed by atoms with Gasteiger partial charge in [0, 0.05) is 25.8 Å². The minimum absolute atomic E-state index is 0.223. The van der Waals surface area contributed by atoms with Gasteiger partial charge in [-0.15, -0.1) is 0 Å². The van der Waals surface area contributed by atoms with Crippen LogP contribution in [-0.4, -0.2) is 23.0 Å². The Bertz CT molecular complexity index is 859. The first-order valence-corrected chi connectivity index (χ1v) is 9.46. The molecule has 0 aliphatic carbocycles. The summed E-state index contributed by atoms with van der Waals surface area (Å²) in [5, 5.41) is 3.50. The molecule has 0 spiro atoms. The summed E-state index contributed by atoms with van der Waals surface area (Å²) in [6.07, 6.45) is 3.58. The van der Waals surface area contributed by atoms with Gasteiger partial charge in [-0.3, -0.25) is 9.88 Å². The molecule has 1 saturated heterocycles. The number of hydrogen-bond acceptors (Lipinski definition) is 3. The molecule has 0 amide bonds. The first-order chi connectivity index (χ1) is 13.3. The summed E-state index contributed by atoms with van der Waals surface area (Å²) >= 11 is 0. The Kier molecular flexibility index (Phi) is 5.16. The van der Waals surface area contributed by atoms with Gasteiger partial charge in [0.25, 0.3) is 0 Å². The van der Waals surface area contributed by atoms with E-state index in [-0.39, 0.29) is 11.4 Å². The number of rotatable bonds is 5. The number of likely N-dealkylation sites (tertiary alicyclic amines) is 1. The van der Waals surface area contributed by atoms with Gasteiger partial charge >= 0.3 is 0 Å². The summed E-state index contributed by atoms with van der Waals surface area (Å²) in [7, 11) is 0. The van der Waals surface area contributed by atoms with Crippen LogP contribution in [-0.2, 0) is 12.1 Å². The van der Waals surface area contributed by atoms with Crippen LogP contribution in [0.15, 0.2) is 79.0 Å². The van der Waals surface area contributed by atoms with Crippen LogP contribution in [0.1, 0.15) is 24.1 Å². The number of pyridine rings is 1. The molecule has 1 fully saturated rings. The predicted molar refractivity (Wildman–Crippen MR) is 107 cm³/mol. The second-order valence-electron chi connectivity index (χ2n) is 7.16. The second kappa shape index (κ2) is 7.89. The molecular weight excluding hydrogens is 337 g/mol. The number of para-hydroxylation sites is 1. The van der Waals surface area contributed by atoms with Gasteiger partial charge < -0.3 is 5.32 Å². The van der Waals surface area contributed by atoms with Crippen molar-refractivity contribution in [1.82, 2.24) is 9.88 Å². The topological polar surface area (TPSA) is 28.2 Å². The third-order valence-corrected chi connectivity index (χ3v) is 5.36. The maximum absolute atomic E-state index is 14.3. The zero-order valence-corrected chi connectivity index (χ0v) is 15.3. The van der Waals surface area contributed by atoms with Crippen LogP contribution in [0.2, 0.25) is 0 Å². The minimum Gasteiger partial charge on any atom is -0.372 e. The molecule has 0 bridgehead atoms. The van der Waals surface area contributed by atoms with Crippen molar-refractivity contribution in [1.29, 1.82) is 0 Å². The summed E-state index contributed by atoms with van der Waals surface area (Å²) < 4.78 is 14.3. The van der Waals surface area contributed by atoms with Crippen molar-refractivity contribution in [3.63, 3.8) is 0 Å². The van der Waals surface area contributed by atoms with Gasteiger partial charge in [-0.25, -0.2) is 4.39 Å². The number of anilines is 1. The Labute approximate surface area is 159 Å². The van der Waals surface area contributed by atoms with Crippen LogP contribution in [0.3, 0.4) is 0 Å². The standard InChI is InChI=1S/C23H24FN3/c24-20-10-4-5-11-21(20)26-23(22-12-6-7-15-25-22)13-16-27(17-14-23)18-19-8-2-1-3-9-19/h1-12,15,26H,13-14,16-18H2. The Morgan fingerprint density at radius 2 is 1.59 bits per heavy atom. The molecule has 0 unspecified atom stereocenters. The third-order valence-electron chi connectivity index (χ3n) is 5.36. The normalized spacial score (nSPS) is 16.8. The summed E-state index contributed by atoms with van der Waals surface area (Å²) in [5.41, 5.74) is 2.49. The monoisotopic (exact) mass is 361 g/mol. The highest BCUT2D eigenvalue weighted by atomic mass is 19.1. The van der Waals surface area contributed by atoms with Crippen molar-refractivity contribution >= 4 is 5.69 Å². The van der Waals surface area contributed by atoms with E-state index in [2.05, 4.69) is 39.5 Å². The third kappa shape index (κ3) is 4.01. The van der Waals surface area contributed by atoms with Crippen LogP contribution < -0.4 is 5.32 Å². The molecule has 2 heterocycles. The highest BCUT2D eigenvalue weighted by molar-refractivity contribution is 5.48. The molecule has 1 N–H and O–H groups in total. The van der Waals surface area contributed by atoms with E-state index in [9.17, 15) is 4.39 Å². The smallest absolute Gasteiger partial charge is 0.146 e. The molecule has 1 aliphatic heterocycles. The lowest BCUT2D eigenvalue weighted by Gasteiger charge is -2.42. The Balaban J connectivity index is 1.55. The van der Waals surface area contributed by atoms with Crippen LogP contribution >= 0.6 is 0 Å². The van der Waals surface area contributed by atoms with Gasteiger partial charge in [-0.05, 0) is 42.7 Å². The molecule has 0 atom stereocenters. The predicted octanol–water partition coefficient (Wildman–Crippen LogP) is 4.82. The number of hydrogen-bond donors (Lipinski definition) is 1. The number of benzene rings is 2. The van der Waals surface area contributed by atoms with Gasteiger partial charge in [0.05, 0.1) is 16.9 Å². The van der Waals surface area contributed by atoms with Crippen molar-refractivity contribution in [2.24, 2.45) is 0 Å². The van der Waals surface area contributed by atoms with Crippen LogP contribution in [0, 0.1) is 5.82 Å². The highest BCUT2D eigenvalue weighted by Gasteiger charge is 2.37. The van der Waals surface area contributed by atoms with E-state index in [1.54, 1.807) is 12.1 Å². The molecule has 0 saturated carbocycles. The van der Waals surface area contributed by atoms with Crippen molar-refractivity contribution in [2.45, 2.75) is 24.9 Å². The van der Waals surface area contributed by atoms with Crippen LogP contribution in [0.25, 0.3) is 0 Å². The Hall–Kier alpha value is -2.72. The van der Waals surface area contributed by atoms with Crippen molar-refractivity contribution in [2.75, 3.05) is 18.4 Å². The molecule has 0 radical (unpaired) electrons. The fourth-order valence-electron chi connectivity index (χ4n) is 3.85. The second-order valence-corrected chi connectivity index (χ2v) is 7.16. The van der Waals surface area contributed by atoms with Gasteiger partial charge in [0.2, 0.25) is 0 Å². The van der Waals surface area contributed by atoms with Crippen LogP contribution in [0.4, 0.5) is 10.1 Å². The zero-order chi connectivity index (χ0) is 18.5. The largest absolute Gasteiger partial charge is 0.372 e. The average molecular weight is 361 g/mol.